The first kappa shape index (κ1) is 16.2. The number of aryl methyl sites for hydroxylation is 2. The third-order valence-corrected chi connectivity index (χ3v) is 3.76. The Balaban J connectivity index is 2.37. The van der Waals surface area contributed by atoms with Crippen LogP contribution in [-0.4, -0.2) is 31.1 Å². The van der Waals surface area contributed by atoms with Gasteiger partial charge in [-0.15, -0.1) is 0 Å². The minimum absolute atomic E-state index is 0.433. The molecule has 0 saturated carbocycles. The molecular weight excluding hydrogens is 232 g/mol. The van der Waals surface area contributed by atoms with Crippen LogP contribution in [0.25, 0.3) is 0 Å². The molecule has 0 bridgehead atoms. The zero-order valence-electron chi connectivity index (χ0n) is 13.5. The van der Waals surface area contributed by atoms with Gasteiger partial charge in [-0.3, -0.25) is 0 Å². The zero-order chi connectivity index (χ0) is 14.4. The van der Waals surface area contributed by atoms with Crippen LogP contribution >= 0.6 is 0 Å². The van der Waals surface area contributed by atoms with E-state index in [0.717, 1.165) is 13.1 Å². The number of benzene rings is 1. The van der Waals surface area contributed by atoms with Crippen molar-refractivity contribution in [2.45, 2.75) is 53.1 Å². The molecular formula is C17H30N2. The van der Waals surface area contributed by atoms with Gasteiger partial charge in [0.05, 0.1) is 0 Å². The number of nitrogens with zero attached hydrogens (tertiary/aromatic N) is 1. The summed E-state index contributed by atoms with van der Waals surface area (Å²) in [4.78, 5) is 2.39. The summed E-state index contributed by atoms with van der Waals surface area (Å²) in [6, 6.07) is 7.86. The maximum absolute atomic E-state index is 3.62. The summed E-state index contributed by atoms with van der Waals surface area (Å²) in [5.74, 6) is 0. The van der Waals surface area contributed by atoms with Gasteiger partial charge >= 0.3 is 0 Å². The van der Waals surface area contributed by atoms with Gasteiger partial charge in [-0.1, -0.05) is 29.3 Å². The molecule has 1 atom stereocenters. The molecule has 1 aromatic rings. The summed E-state index contributed by atoms with van der Waals surface area (Å²) in [7, 11) is 2.19. The van der Waals surface area contributed by atoms with Gasteiger partial charge in [0.1, 0.15) is 0 Å². The third-order valence-electron chi connectivity index (χ3n) is 3.76. The highest BCUT2D eigenvalue weighted by molar-refractivity contribution is 5.30. The summed E-state index contributed by atoms with van der Waals surface area (Å²) in [5, 5.41) is 3.62. The zero-order valence-corrected chi connectivity index (χ0v) is 13.5. The van der Waals surface area contributed by atoms with Crippen LogP contribution in [0.15, 0.2) is 18.2 Å². The molecule has 1 rings (SSSR count). The second-order valence-corrected chi connectivity index (χ2v) is 6.02. The molecule has 1 aromatic carbocycles. The second-order valence-electron chi connectivity index (χ2n) is 6.02. The number of hydrogen-bond donors (Lipinski definition) is 1. The number of rotatable bonds is 7. The monoisotopic (exact) mass is 262 g/mol. The first-order chi connectivity index (χ1) is 8.90. The van der Waals surface area contributed by atoms with Gasteiger partial charge in [0.15, 0.2) is 0 Å². The Hall–Kier alpha value is -0.860. The van der Waals surface area contributed by atoms with Gasteiger partial charge in [-0.05, 0) is 66.7 Å². The Morgan fingerprint density at radius 1 is 1.05 bits per heavy atom. The molecule has 108 valence electrons. The van der Waals surface area contributed by atoms with Gasteiger partial charge in [0, 0.05) is 12.1 Å². The van der Waals surface area contributed by atoms with E-state index in [2.05, 4.69) is 70.1 Å². The van der Waals surface area contributed by atoms with E-state index in [1.165, 1.54) is 23.1 Å². The van der Waals surface area contributed by atoms with Crippen molar-refractivity contribution in [1.82, 2.24) is 10.2 Å². The van der Waals surface area contributed by atoms with Crippen molar-refractivity contribution in [3.05, 3.63) is 34.9 Å². The fourth-order valence-electron chi connectivity index (χ4n) is 2.28. The van der Waals surface area contributed by atoms with E-state index in [1.807, 2.05) is 0 Å². The molecule has 1 unspecified atom stereocenters. The number of hydrogen-bond acceptors (Lipinski definition) is 2. The highest BCUT2D eigenvalue weighted by Gasteiger charge is 2.06. The molecule has 0 aliphatic rings. The molecule has 19 heavy (non-hydrogen) atoms. The van der Waals surface area contributed by atoms with Crippen molar-refractivity contribution in [3.8, 4) is 0 Å². The van der Waals surface area contributed by atoms with Gasteiger partial charge in [0.25, 0.3) is 0 Å². The maximum Gasteiger partial charge on any atom is 0.0291 e. The average molecular weight is 262 g/mol. The van der Waals surface area contributed by atoms with Crippen molar-refractivity contribution in [2.75, 3.05) is 20.1 Å². The van der Waals surface area contributed by atoms with Crippen molar-refractivity contribution >= 4 is 0 Å². The summed E-state index contributed by atoms with van der Waals surface area (Å²) in [6.45, 7) is 13.3. The smallest absolute Gasteiger partial charge is 0.0291 e. The van der Waals surface area contributed by atoms with E-state index in [4.69, 9.17) is 0 Å². The van der Waals surface area contributed by atoms with Crippen molar-refractivity contribution in [3.63, 3.8) is 0 Å². The molecule has 0 heterocycles. The number of nitrogens with one attached hydrogen (secondary N) is 1. The lowest BCUT2D eigenvalue weighted by Crippen LogP contribution is -2.30. The van der Waals surface area contributed by atoms with E-state index in [1.54, 1.807) is 0 Å². The molecule has 0 saturated heterocycles. The fourth-order valence-corrected chi connectivity index (χ4v) is 2.28. The van der Waals surface area contributed by atoms with Crippen molar-refractivity contribution in [1.29, 1.82) is 0 Å². The van der Waals surface area contributed by atoms with Crippen LogP contribution < -0.4 is 5.32 Å². The molecule has 2 heteroatoms. The van der Waals surface area contributed by atoms with Crippen LogP contribution in [0.4, 0.5) is 0 Å². The van der Waals surface area contributed by atoms with Crippen molar-refractivity contribution < 1.29 is 0 Å². The molecule has 0 amide bonds. The first-order valence-electron chi connectivity index (χ1n) is 7.42. The van der Waals surface area contributed by atoms with Gasteiger partial charge < -0.3 is 10.2 Å². The topological polar surface area (TPSA) is 15.3 Å². The predicted molar refractivity (Wildman–Crippen MR) is 84.7 cm³/mol. The van der Waals surface area contributed by atoms with Crippen LogP contribution in [0.3, 0.4) is 0 Å². The summed E-state index contributed by atoms with van der Waals surface area (Å²) < 4.78 is 0. The van der Waals surface area contributed by atoms with Gasteiger partial charge in [0.2, 0.25) is 0 Å². The van der Waals surface area contributed by atoms with Crippen molar-refractivity contribution in [2.24, 2.45) is 0 Å². The van der Waals surface area contributed by atoms with Crippen LogP contribution in [0.1, 0.15) is 49.9 Å². The summed E-state index contributed by atoms with van der Waals surface area (Å²) >= 11 is 0. The Labute approximate surface area is 119 Å². The van der Waals surface area contributed by atoms with E-state index < -0.39 is 0 Å². The Bertz CT molecular complexity index is 365. The SMILES string of the molecule is Cc1cc(C)cc(C(C)NCCCN(C)C(C)C)c1. The predicted octanol–water partition coefficient (Wildman–Crippen LogP) is 3.68. The highest BCUT2D eigenvalue weighted by Crippen LogP contribution is 2.16. The molecule has 0 radical (unpaired) electrons. The van der Waals surface area contributed by atoms with Crippen LogP contribution in [-0.2, 0) is 0 Å². The fraction of sp³-hybridized carbons (Fsp3) is 0.647. The highest BCUT2D eigenvalue weighted by atomic mass is 15.1. The summed E-state index contributed by atoms with van der Waals surface area (Å²) in [6.07, 6.45) is 1.20. The lowest BCUT2D eigenvalue weighted by Gasteiger charge is -2.22. The van der Waals surface area contributed by atoms with E-state index in [0.29, 0.717) is 12.1 Å². The quantitative estimate of drug-likeness (QED) is 0.754. The van der Waals surface area contributed by atoms with Gasteiger partial charge in [-0.2, -0.15) is 0 Å². The first-order valence-corrected chi connectivity index (χ1v) is 7.42. The third kappa shape index (κ3) is 5.75. The van der Waals surface area contributed by atoms with E-state index in [-0.39, 0.29) is 0 Å². The van der Waals surface area contributed by atoms with Gasteiger partial charge in [-0.25, -0.2) is 0 Å². The lowest BCUT2D eigenvalue weighted by molar-refractivity contribution is 0.268. The molecule has 0 aromatic heterocycles. The molecule has 2 nitrogen and oxygen atoms in total. The Kier molecular flexibility index (Phi) is 6.53. The minimum atomic E-state index is 0.433. The largest absolute Gasteiger partial charge is 0.310 e. The molecule has 0 aliphatic heterocycles. The standard InChI is InChI=1S/C17H30N2/c1-13(2)19(6)9-7-8-18-16(5)17-11-14(3)10-15(4)12-17/h10-13,16,18H,7-9H2,1-6H3. The van der Waals surface area contributed by atoms with Crippen LogP contribution in [0.2, 0.25) is 0 Å². The molecule has 0 fully saturated rings. The second kappa shape index (κ2) is 7.66. The van der Waals surface area contributed by atoms with E-state index in [9.17, 15) is 0 Å². The van der Waals surface area contributed by atoms with Crippen LogP contribution in [0.5, 0.6) is 0 Å². The van der Waals surface area contributed by atoms with Crippen LogP contribution in [0, 0.1) is 13.8 Å². The molecule has 1 N–H and O–H groups in total. The molecule has 0 spiro atoms. The lowest BCUT2D eigenvalue weighted by atomic mass is 10.0. The Morgan fingerprint density at radius 2 is 1.63 bits per heavy atom. The maximum atomic E-state index is 3.62. The average Bonchev–Trinajstić information content (AvgIpc) is 2.32. The Morgan fingerprint density at radius 3 is 2.16 bits per heavy atom. The van der Waals surface area contributed by atoms with E-state index >= 15 is 0 Å². The minimum Gasteiger partial charge on any atom is -0.310 e. The summed E-state index contributed by atoms with van der Waals surface area (Å²) in [5.41, 5.74) is 4.10. The normalized spacial score (nSPS) is 13.3. The molecule has 0 aliphatic carbocycles.